The minimum Gasteiger partial charge on any atom is -0.494 e. The SMILES string of the molecule is CCCCNC(=O)C(Cc1ccccc1)N(Cc1ccc(Cl)cc1)C(=O)CN(c1ccc(F)cc1)S(=O)(=O)c1ccc(OCC)cc1. The van der Waals surface area contributed by atoms with E-state index in [9.17, 15) is 22.4 Å². The van der Waals surface area contributed by atoms with Crippen LogP contribution in [0.3, 0.4) is 0 Å². The number of unbranched alkanes of at least 4 members (excludes halogenated alkanes) is 1. The molecule has 0 heterocycles. The number of ether oxygens (including phenoxy) is 1. The second kappa shape index (κ2) is 16.9. The molecule has 11 heteroatoms. The van der Waals surface area contributed by atoms with Crippen LogP contribution in [0.2, 0.25) is 5.02 Å². The van der Waals surface area contributed by atoms with Gasteiger partial charge in [-0.15, -0.1) is 0 Å². The summed E-state index contributed by atoms with van der Waals surface area (Å²) in [5.74, 6) is -1.05. The number of benzene rings is 4. The Morgan fingerprint density at radius 1 is 0.872 bits per heavy atom. The molecule has 1 atom stereocenters. The lowest BCUT2D eigenvalue weighted by molar-refractivity contribution is -0.140. The molecule has 4 aromatic carbocycles. The van der Waals surface area contributed by atoms with E-state index in [4.69, 9.17) is 16.3 Å². The van der Waals surface area contributed by atoms with Crippen molar-refractivity contribution in [2.24, 2.45) is 0 Å². The highest BCUT2D eigenvalue weighted by Gasteiger charge is 2.34. The van der Waals surface area contributed by atoms with E-state index < -0.39 is 34.3 Å². The Balaban J connectivity index is 1.77. The summed E-state index contributed by atoms with van der Waals surface area (Å²) in [6.45, 7) is 4.02. The molecule has 0 fully saturated rings. The monoisotopic (exact) mass is 679 g/mol. The second-order valence-corrected chi connectivity index (χ2v) is 13.2. The molecule has 0 bridgehead atoms. The topological polar surface area (TPSA) is 96.0 Å². The molecule has 0 saturated heterocycles. The fourth-order valence-electron chi connectivity index (χ4n) is 4.98. The van der Waals surface area contributed by atoms with E-state index in [2.05, 4.69) is 5.32 Å². The van der Waals surface area contributed by atoms with Crippen LogP contribution in [-0.2, 0) is 32.6 Å². The Bertz CT molecular complexity index is 1700. The van der Waals surface area contributed by atoms with Crippen LogP contribution >= 0.6 is 11.6 Å². The van der Waals surface area contributed by atoms with Crippen LogP contribution in [0.1, 0.15) is 37.8 Å². The average molecular weight is 680 g/mol. The molecule has 4 aromatic rings. The number of halogens is 2. The number of anilines is 1. The van der Waals surface area contributed by atoms with Gasteiger partial charge in [0.1, 0.15) is 24.2 Å². The molecular formula is C36H39ClFN3O5S. The first kappa shape index (κ1) is 35.4. The van der Waals surface area contributed by atoms with Crippen LogP contribution < -0.4 is 14.4 Å². The third-order valence-corrected chi connectivity index (χ3v) is 9.52. The summed E-state index contributed by atoms with van der Waals surface area (Å²) in [7, 11) is -4.34. The molecule has 248 valence electrons. The van der Waals surface area contributed by atoms with Crippen LogP contribution in [0.25, 0.3) is 0 Å². The Morgan fingerprint density at radius 3 is 2.15 bits per heavy atom. The van der Waals surface area contributed by atoms with E-state index in [0.29, 0.717) is 29.5 Å². The number of hydrogen-bond donors (Lipinski definition) is 1. The minimum absolute atomic E-state index is 0.00899. The van der Waals surface area contributed by atoms with E-state index in [1.165, 1.54) is 41.3 Å². The summed E-state index contributed by atoms with van der Waals surface area (Å²) in [4.78, 5) is 29.6. The molecule has 0 aliphatic carbocycles. The predicted molar refractivity (Wildman–Crippen MR) is 182 cm³/mol. The highest BCUT2D eigenvalue weighted by molar-refractivity contribution is 7.92. The molecule has 4 rings (SSSR count). The van der Waals surface area contributed by atoms with Crippen molar-refractivity contribution < 1.29 is 27.1 Å². The van der Waals surface area contributed by atoms with Gasteiger partial charge in [-0.25, -0.2) is 12.8 Å². The third-order valence-electron chi connectivity index (χ3n) is 7.48. The van der Waals surface area contributed by atoms with E-state index >= 15 is 0 Å². The summed E-state index contributed by atoms with van der Waals surface area (Å²) >= 11 is 6.13. The van der Waals surface area contributed by atoms with Gasteiger partial charge in [-0.2, -0.15) is 0 Å². The fraction of sp³-hybridized carbons (Fsp3) is 0.278. The molecule has 0 aromatic heterocycles. The number of nitrogens with zero attached hydrogens (tertiary/aromatic N) is 2. The van der Waals surface area contributed by atoms with Gasteiger partial charge in [0, 0.05) is 24.5 Å². The third kappa shape index (κ3) is 9.79. The average Bonchev–Trinajstić information content (AvgIpc) is 3.07. The van der Waals surface area contributed by atoms with Crippen LogP contribution in [0.15, 0.2) is 108 Å². The zero-order valence-electron chi connectivity index (χ0n) is 26.4. The van der Waals surface area contributed by atoms with Gasteiger partial charge >= 0.3 is 0 Å². The molecule has 0 spiro atoms. The molecule has 2 amide bonds. The van der Waals surface area contributed by atoms with E-state index in [1.54, 1.807) is 24.3 Å². The van der Waals surface area contributed by atoms with Crippen molar-refractivity contribution >= 4 is 39.1 Å². The van der Waals surface area contributed by atoms with Crippen molar-refractivity contribution in [3.63, 3.8) is 0 Å². The highest BCUT2D eigenvalue weighted by atomic mass is 35.5. The first-order valence-corrected chi connectivity index (χ1v) is 17.3. The van der Waals surface area contributed by atoms with Crippen molar-refractivity contribution in [1.82, 2.24) is 10.2 Å². The van der Waals surface area contributed by atoms with Crippen LogP contribution in [0, 0.1) is 5.82 Å². The van der Waals surface area contributed by atoms with Gasteiger partial charge in [-0.1, -0.05) is 67.4 Å². The van der Waals surface area contributed by atoms with Crippen LogP contribution in [0.5, 0.6) is 5.75 Å². The zero-order valence-corrected chi connectivity index (χ0v) is 28.0. The molecule has 1 N–H and O–H groups in total. The minimum atomic E-state index is -4.34. The van der Waals surface area contributed by atoms with Crippen molar-refractivity contribution in [2.75, 3.05) is 24.0 Å². The smallest absolute Gasteiger partial charge is 0.264 e. The van der Waals surface area contributed by atoms with Crippen molar-refractivity contribution in [1.29, 1.82) is 0 Å². The maximum atomic E-state index is 14.5. The summed E-state index contributed by atoms with van der Waals surface area (Å²) < 4.78 is 48.6. The van der Waals surface area contributed by atoms with Gasteiger partial charge in [0.25, 0.3) is 10.0 Å². The normalized spacial score (nSPS) is 11.8. The molecule has 8 nitrogen and oxygen atoms in total. The number of sulfonamides is 1. The van der Waals surface area contributed by atoms with Crippen molar-refractivity contribution in [3.8, 4) is 5.75 Å². The number of hydrogen-bond acceptors (Lipinski definition) is 5. The molecule has 47 heavy (non-hydrogen) atoms. The molecule has 0 saturated carbocycles. The molecular weight excluding hydrogens is 641 g/mol. The number of nitrogens with one attached hydrogen (secondary N) is 1. The van der Waals surface area contributed by atoms with Crippen LogP contribution in [-0.4, -0.2) is 50.9 Å². The first-order chi connectivity index (χ1) is 22.6. The number of carbonyl (C=O) groups excluding carboxylic acids is 2. The van der Waals surface area contributed by atoms with Gasteiger partial charge in [-0.3, -0.25) is 13.9 Å². The second-order valence-electron chi connectivity index (χ2n) is 10.9. The van der Waals surface area contributed by atoms with Crippen molar-refractivity contribution in [2.45, 2.75) is 50.6 Å². The summed E-state index contributed by atoms with van der Waals surface area (Å²) in [6, 6.07) is 26.0. The lowest BCUT2D eigenvalue weighted by Crippen LogP contribution is -2.53. The van der Waals surface area contributed by atoms with E-state index in [-0.39, 0.29) is 29.5 Å². The fourth-order valence-corrected chi connectivity index (χ4v) is 6.52. The predicted octanol–water partition coefficient (Wildman–Crippen LogP) is 6.63. The van der Waals surface area contributed by atoms with Gasteiger partial charge in [0.15, 0.2) is 0 Å². The van der Waals surface area contributed by atoms with Gasteiger partial charge in [0.2, 0.25) is 11.8 Å². The summed E-state index contributed by atoms with van der Waals surface area (Å²) in [5, 5.41) is 3.47. The van der Waals surface area contributed by atoms with Gasteiger partial charge in [0.05, 0.1) is 17.2 Å². The maximum Gasteiger partial charge on any atom is 0.264 e. The number of carbonyl (C=O) groups is 2. The largest absolute Gasteiger partial charge is 0.494 e. The number of amides is 2. The highest BCUT2D eigenvalue weighted by Crippen LogP contribution is 2.27. The van der Waals surface area contributed by atoms with Gasteiger partial charge in [-0.05, 0) is 85.1 Å². The quantitative estimate of drug-likeness (QED) is 0.134. The Labute approximate surface area is 281 Å². The molecule has 0 aliphatic heterocycles. The Hall–Kier alpha value is -4.41. The maximum absolute atomic E-state index is 14.5. The molecule has 1 unspecified atom stereocenters. The lowest BCUT2D eigenvalue weighted by atomic mass is 10.0. The first-order valence-electron chi connectivity index (χ1n) is 15.5. The molecule has 0 radical (unpaired) electrons. The lowest BCUT2D eigenvalue weighted by Gasteiger charge is -2.34. The Kier molecular flexibility index (Phi) is 12.8. The van der Waals surface area contributed by atoms with Crippen molar-refractivity contribution in [3.05, 3.63) is 125 Å². The van der Waals surface area contributed by atoms with E-state index in [1.807, 2.05) is 44.2 Å². The van der Waals surface area contributed by atoms with E-state index in [0.717, 1.165) is 34.8 Å². The number of rotatable bonds is 16. The summed E-state index contributed by atoms with van der Waals surface area (Å²) in [6.07, 6.45) is 1.82. The van der Waals surface area contributed by atoms with Gasteiger partial charge < -0.3 is 15.0 Å². The zero-order chi connectivity index (χ0) is 33.8. The Morgan fingerprint density at radius 2 is 1.53 bits per heavy atom. The van der Waals surface area contributed by atoms with Crippen LogP contribution in [0.4, 0.5) is 10.1 Å². The standard InChI is InChI=1S/C36H39ClFN3O5S/c1-3-5-23-39-36(43)34(24-27-9-7-6-8-10-27)40(25-28-11-13-29(37)14-12-28)35(42)26-41(31-17-15-30(38)16-18-31)47(44,45)33-21-19-32(20-22-33)46-4-2/h6-22,34H,3-5,23-26H2,1-2H3,(H,39,43). The summed E-state index contributed by atoms with van der Waals surface area (Å²) in [5.41, 5.74) is 1.62. The molecule has 0 aliphatic rings.